The highest BCUT2D eigenvalue weighted by Gasteiger charge is 2.24. The van der Waals surface area contributed by atoms with Crippen LogP contribution in [0.3, 0.4) is 0 Å². The monoisotopic (exact) mass is 167 g/mol. The maximum Gasteiger partial charge on any atom is 0.133 e. The lowest BCUT2D eigenvalue weighted by atomic mass is 10.1. The van der Waals surface area contributed by atoms with Crippen molar-refractivity contribution in [1.29, 1.82) is 0 Å². The van der Waals surface area contributed by atoms with Gasteiger partial charge in [-0.15, -0.1) is 0 Å². The summed E-state index contributed by atoms with van der Waals surface area (Å²) in [5.74, 6) is 0. The van der Waals surface area contributed by atoms with Crippen molar-refractivity contribution in [2.75, 3.05) is 13.6 Å². The predicted octanol–water partition coefficient (Wildman–Crippen LogP) is 1.53. The first kappa shape index (κ1) is 9.49. The van der Waals surface area contributed by atoms with Gasteiger partial charge in [0, 0.05) is 6.54 Å². The van der Waals surface area contributed by atoms with Crippen LogP contribution < -0.4 is 0 Å². The molecule has 2 heteroatoms. The van der Waals surface area contributed by atoms with Crippen LogP contribution in [0.5, 0.6) is 0 Å². The molecule has 1 aliphatic rings. The second kappa shape index (κ2) is 3.87. The van der Waals surface area contributed by atoms with Crippen LogP contribution in [-0.2, 0) is 0 Å². The van der Waals surface area contributed by atoms with Crippen molar-refractivity contribution >= 4 is 0 Å². The van der Waals surface area contributed by atoms with Crippen molar-refractivity contribution in [2.45, 2.75) is 26.5 Å². The minimum absolute atomic E-state index is 0.392. The average molecular weight is 167 g/mol. The lowest BCUT2D eigenvalue weighted by Crippen LogP contribution is -2.26. The Morgan fingerprint density at radius 3 is 2.83 bits per heavy atom. The number of hydrogen-bond acceptors (Lipinski definition) is 2. The first-order valence-corrected chi connectivity index (χ1v) is 4.43. The van der Waals surface area contributed by atoms with Crippen LogP contribution in [0, 0.1) is 0 Å². The van der Waals surface area contributed by atoms with Crippen LogP contribution in [0.15, 0.2) is 23.3 Å². The third kappa shape index (κ3) is 1.59. The van der Waals surface area contributed by atoms with Crippen LogP contribution in [0.25, 0.3) is 0 Å². The average Bonchev–Trinajstić information content (AvgIpc) is 2.33. The highest BCUT2D eigenvalue weighted by Crippen LogP contribution is 2.24. The van der Waals surface area contributed by atoms with E-state index in [4.69, 9.17) is 0 Å². The molecule has 0 aromatic heterocycles. The van der Waals surface area contributed by atoms with E-state index in [1.807, 2.05) is 31.0 Å². The van der Waals surface area contributed by atoms with Gasteiger partial charge in [0.1, 0.15) is 6.23 Å². The molecule has 0 radical (unpaired) electrons. The Labute approximate surface area is 74.2 Å². The number of allylic oxidation sites excluding steroid dienone is 1. The van der Waals surface area contributed by atoms with Crippen LogP contribution >= 0.6 is 0 Å². The van der Waals surface area contributed by atoms with Gasteiger partial charge >= 0.3 is 0 Å². The van der Waals surface area contributed by atoms with Gasteiger partial charge in [-0.3, -0.25) is 4.90 Å². The van der Waals surface area contributed by atoms with Gasteiger partial charge in [-0.1, -0.05) is 19.1 Å². The maximum atomic E-state index is 9.71. The number of hydrogen-bond donors (Lipinski definition) is 1. The largest absolute Gasteiger partial charge is 0.374 e. The third-order valence-electron chi connectivity index (χ3n) is 2.32. The molecule has 0 bridgehead atoms. The van der Waals surface area contributed by atoms with Crippen LogP contribution in [0.4, 0.5) is 0 Å². The van der Waals surface area contributed by atoms with Crippen molar-refractivity contribution < 1.29 is 5.11 Å². The van der Waals surface area contributed by atoms with E-state index in [1.165, 1.54) is 5.57 Å². The summed E-state index contributed by atoms with van der Waals surface area (Å²) < 4.78 is 0. The molecule has 1 unspecified atom stereocenters. The van der Waals surface area contributed by atoms with Gasteiger partial charge < -0.3 is 5.11 Å². The van der Waals surface area contributed by atoms with Crippen LogP contribution in [0.2, 0.25) is 0 Å². The molecule has 12 heavy (non-hydrogen) atoms. The van der Waals surface area contributed by atoms with E-state index in [2.05, 4.69) is 6.92 Å². The van der Waals surface area contributed by atoms with Crippen molar-refractivity contribution in [1.82, 2.24) is 4.90 Å². The molecule has 0 saturated heterocycles. The zero-order chi connectivity index (χ0) is 9.14. The quantitative estimate of drug-likeness (QED) is 0.674. The summed E-state index contributed by atoms with van der Waals surface area (Å²) in [6.07, 6.45) is 4.62. The molecule has 2 nitrogen and oxygen atoms in total. The first-order valence-electron chi connectivity index (χ1n) is 4.43. The summed E-state index contributed by atoms with van der Waals surface area (Å²) in [7, 11) is 1.94. The summed E-state index contributed by atoms with van der Waals surface area (Å²) in [5, 5.41) is 9.71. The highest BCUT2D eigenvalue weighted by atomic mass is 16.3. The fraction of sp³-hybridized carbons (Fsp3) is 0.600. The topological polar surface area (TPSA) is 23.5 Å². The summed E-state index contributed by atoms with van der Waals surface area (Å²) in [6, 6.07) is 0. The van der Waals surface area contributed by atoms with E-state index in [0.29, 0.717) is 0 Å². The Kier molecular flexibility index (Phi) is 3.06. The Morgan fingerprint density at radius 1 is 1.67 bits per heavy atom. The molecular weight excluding hydrogens is 150 g/mol. The Bertz CT molecular complexity index is 218. The highest BCUT2D eigenvalue weighted by molar-refractivity contribution is 5.33. The van der Waals surface area contributed by atoms with E-state index >= 15 is 0 Å². The Morgan fingerprint density at radius 2 is 2.33 bits per heavy atom. The molecular formula is C10H17NO. The van der Waals surface area contributed by atoms with E-state index in [9.17, 15) is 5.11 Å². The molecule has 1 aliphatic heterocycles. The number of rotatable bonds is 2. The maximum absolute atomic E-state index is 9.71. The second-order valence-corrected chi connectivity index (χ2v) is 3.20. The molecule has 0 saturated carbocycles. The number of aliphatic hydroxyl groups excluding tert-OH is 1. The first-order chi connectivity index (χ1) is 5.70. The summed E-state index contributed by atoms with van der Waals surface area (Å²) in [4.78, 5) is 1.95. The second-order valence-electron chi connectivity index (χ2n) is 3.20. The van der Waals surface area contributed by atoms with Gasteiger partial charge in [-0.25, -0.2) is 0 Å². The Balaban J connectivity index is 2.87. The number of aliphatic hydroxyl groups is 1. The van der Waals surface area contributed by atoms with Gasteiger partial charge in [0.05, 0.1) is 0 Å². The van der Waals surface area contributed by atoms with Gasteiger partial charge in [0.25, 0.3) is 0 Å². The van der Waals surface area contributed by atoms with Crippen molar-refractivity contribution in [3.63, 3.8) is 0 Å². The van der Waals surface area contributed by atoms with Crippen molar-refractivity contribution in [3.05, 3.63) is 23.3 Å². The standard InChI is InChI=1S/C10H17NO/c1-4-6-9-8(5-2)7-11(3)10(9)12/h4,6,10,12H,5,7H2,1-3H3/b6-4-. The normalized spacial score (nSPS) is 26.2. The number of nitrogens with zero attached hydrogens (tertiary/aromatic N) is 1. The van der Waals surface area contributed by atoms with Crippen molar-refractivity contribution in [3.8, 4) is 0 Å². The molecule has 0 aliphatic carbocycles. The lowest BCUT2D eigenvalue weighted by Gasteiger charge is -2.14. The predicted molar refractivity (Wildman–Crippen MR) is 50.8 cm³/mol. The van der Waals surface area contributed by atoms with E-state index in [0.717, 1.165) is 18.5 Å². The summed E-state index contributed by atoms with van der Waals surface area (Å²) in [6.45, 7) is 5.01. The molecule has 1 rings (SSSR count). The molecule has 0 amide bonds. The minimum atomic E-state index is -0.392. The van der Waals surface area contributed by atoms with Gasteiger partial charge in [0.2, 0.25) is 0 Å². The third-order valence-corrected chi connectivity index (χ3v) is 2.32. The van der Waals surface area contributed by atoms with Gasteiger partial charge in [0.15, 0.2) is 0 Å². The van der Waals surface area contributed by atoms with Gasteiger partial charge in [-0.05, 0) is 31.5 Å². The minimum Gasteiger partial charge on any atom is -0.374 e. The lowest BCUT2D eigenvalue weighted by molar-refractivity contribution is 0.0780. The fourth-order valence-corrected chi connectivity index (χ4v) is 1.60. The molecule has 0 aromatic carbocycles. The van der Waals surface area contributed by atoms with Crippen molar-refractivity contribution in [2.24, 2.45) is 0 Å². The molecule has 1 N–H and O–H groups in total. The van der Waals surface area contributed by atoms with E-state index in [1.54, 1.807) is 0 Å². The fourth-order valence-electron chi connectivity index (χ4n) is 1.60. The summed E-state index contributed by atoms with van der Waals surface area (Å²) in [5.41, 5.74) is 2.44. The van der Waals surface area contributed by atoms with E-state index < -0.39 is 6.23 Å². The zero-order valence-corrected chi connectivity index (χ0v) is 8.04. The molecule has 0 fully saturated rings. The zero-order valence-electron chi connectivity index (χ0n) is 8.04. The summed E-state index contributed by atoms with van der Waals surface area (Å²) >= 11 is 0. The number of likely N-dealkylation sites (N-methyl/N-ethyl adjacent to an activating group) is 1. The van der Waals surface area contributed by atoms with E-state index in [-0.39, 0.29) is 0 Å². The molecule has 0 aromatic rings. The van der Waals surface area contributed by atoms with Crippen LogP contribution in [0.1, 0.15) is 20.3 Å². The molecule has 1 heterocycles. The van der Waals surface area contributed by atoms with Gasteiger partial charge in [-0.2, -0.15) is 0 Å². The molecule has 0 spiro atoms. The Hall–Kier alpha value is -0.600. The smallest absolute Gasteiger partial charge is 0.133 e. The van der Waals surface area contributed by atoms with Crippen LogP contribution in [-0.4, -0.2) is 29.8 Å². The SMILES string of the molecule is C/C=C\C1=C(CC)CN(C)C1O. The molecule has 1 atom stereocenters. The molecule has 68 valence electrons.